The third kappa shape index (κ3) is 5.24. The second-order valence-electron chi connectivity index (χ2n) is 4.65. The van der Waals surface area contributed by atoms with Crippen molar-refractivity contribution < 1.29 is 9.63 Å². The Morgan fingerprint density at radius 2 is 1.67 bits per heavy atom. The van der Waals surface area contributed by atoms with Crippen LogP contribution >= 0.6 is 0 Å². The molecule has 0 aliphatic carbocycles. The normalized spacial score (nSPS) is 10.7. The highest BCUT2D eigenvalue weighted by Gasteiger charge is 2.07. The standard InChI is InChI=1S/C18H19NO2/c1-16(20)19(21-15-18-11-6-3-7-12-18)14-8-13-17-9-4-2-5-10-17/h2-13H,14-15H2,1H3/b13-8+. The number of hydrogen-bond acceptors (Lipinski definition) is 2. The van der Waals surface area contributed by atoms with E-state index in [0.717, 1.165) is 11.1 Å². The van der Waals surface area contributed by atoms with Crippen LogP contribution in [-0.4, -0.2) is 17.5 Å². The Kier molecular flexibility index (Phi) is 5.73. The van der Waals surface area contributed by atoms with E-state index in [4.69, 9.17) is 4.84 Å². The highest BCUT2D eigenvalue weighted by atomic mass is 16.7. The van der Waals surface area contributed by atoms with Gasteiger partial charge in [0.1, 0.15) is 6.61 Å². The summed E-state index contributed by atoms with van der Waals surface area (Å²) < 4.78 is 0. The average Bonchev–Trinajstić information content (AvgIpc) is 2.52. The Hall–Kier alpha value is -2.39. The van der Waals surface area contributed by atoms with E-state index in [1.165, 1.54) is 12.0 Å². The van der Waals surface area contributed by atoms with Crippen LogP contribution in [-0.2, 0) is 16.2 Å². The number of hydrogen-bond donors (Lipinski definition) is 0. The third-order valence-electron chi connectivity index (χ3n) is 2.96. The van der Waals surface area contributed by atoms with Crippen molar-refractivity contribution in [2.24, 2.45) is 0 Å². The topological polar surface area (TPSA) is 29.5 Å². The molecule has 0 aliphatic rings. The zero-order chi connectivity index (χ0) is 14.9. The lowest BCUT2D eigenvalue weighted by Crippen LogP contribution is -2.28. The van der Waals surface area contributed by atoms with Crippen molar-refractivity contribution in [3.8, 4) is 0 Å². The van der Waals surface area contributed by atoms with Gasteiger partial charge in [-0.15, -0.1) is 0 Å². The molecule has 0 saturated carbocycles. The first-order valence-corrected chi connectivity index (χ1v) is 6.92. The van der Waals surface area contributed by atoms with Crippen LogP contribution in [0.25, 0.3) is 6.08 Å². The van der Waals surface area contributed by atoms with Crippen molar-refractivity contribution in [3.63, 3.8) is 0 Å². The van der Waals surface area contributed by atoms with Crippen LogP contribution in [0.15, 0.2) is 66.7 Å². The fraction of sp³-hybridized carbons (Fsp3) is 0.167. The molecular weight excluding hydrogens is 262 g/mol. The summed E-state index contributed by atoms with van der Waals surface area (Å²) in [5, 5.41) is 1.37. The summed E-state index contributed by atoms with van der Waals surface area (Å²) in [7, 11) is 0. The van der Waals surface area contributed by atoms with Gasteiger partial charge in [0, 0.05) is 6.92 Å². The minimum absolute atomic E-state index is 0.108. The van der Waals surface area contributed by atoms with Crippen molar-refractivity contribution in [1.82, 2.24) is 5.06 Å². The summed E-state index contributed by atoms with van der Waals surface area (Å²) in [5.74, 6) is -0.108. The van der Waals surface area contributed by atoms with Gasteiger partial charge < -0.3 is 0 Å². The summed E-state index contributed by atoms with van der Waals surface area (Å²) >= 11 is 0. The van der Waals surface area contributed by atoms with Gasteiger partial charge in [-0.25, -0.2) is 5.06 Å². The van der Waals surface area contributed by atoms with Crippen molar-refractivity contribution in [2.45, 2.75) is 13.5 Å². The van der Waals surface area contributed by atoms with E-state index in [0.29, 0.717) is 13.2 Å². The first-order chi connectivity index (χ1) is 10.3. The Morgan fingerprint density at radius 1 is 1.05 bits per heavy atom. The van der Waals surface area contributed by atoms with Crippen LogP contribution in [0.3, 0.4) is 0 Å². The van der Waals surface area contributed by atoms with E-state index < -0.39 is 0 Å². The van der Waals surface area contributed by atoms with Crippen LogP contribution < -0.4 is 0 Å². The average molecular weight is 281 g/mol. The van der Waals surface area contributed by atoms with Crippen LogP contribution in [0, 0.1) is 0 Å². The Bertz CT molecular complexity index is 579. The molecule has 0 saturated heterocycles. The molecule has 0 aliphatic heterocycles. The van der Waals surface area contributed by atoms with Crippen molar-refractivity contribution in [1.29, 1.82) is 0 Å². The molecule has 108 valence electrons. The molecule has 1 amide bonds. The molecule has 0 atom stereocenters. The molecule has 2 rings (SSSR count). The fourth-order valence-corrected chi connectivity index (χ4v) is 1.85. The van der Waals surface area contributed by atoms with Gasteiger partial charge in [0.15, 0.2) is 0 Å². The monoisotopic (exact) mass is 281 g/mol. The van der Waals surface area contributed by atoms with E-state index in [2.05, 4.69) is 0 Å². The van der Waals surface area contributed by atoms with Crippen LogP contribution in [0.2, 0.25) is 0 Å². The number of benzene rings is 2. The predicted molar refractivity (Wildman–Crippen MR) is 84.1 cm³/mol. The second kappa shape index (κ2) is 8.02. The van der Waals surface area contributed by atoms with Gasteiger partial charge in [0.05, 0.1) is 6.54 Å². The zero-order valence-electron chi connectivity index (χ0n) is 12.1. The predicted octanol–water partition coefficient (Wildman–Crippen LogP) is 3.68. The van der Waals surface area contributed by atoms with Crippen LogP contribution in [0.5, 0.6) is 0 Å². The molecule has 0 heterocycles. The highest BCUT2D eigenvalue weighted by Crippen LogP contribution is 2.05. The van der Waals surface area contributed by atoms with Crippen molar-refractivity contribution in [2.75, 3.05) is 6.54 Å². The summed E-state index contributed by atoms with van der Waals surface area (Å²) in [5.41, 5.74) is 2.14. The highest BCUT2D eigenvalue weighted by molar-refractivity contribution is 5.72. The summed E-state index contributed by atoms with van der Waals surface area (Å²) in [6.45, 7) is 2.32. The molecule has 2 aromatic carbocycles. The molecule has 0 aromatic heterocycles. The lowest BCUT2D eigenvalue weighted by Gasteiger charge is -2.18. The Morgan fingerprint density at radius 3 is 2.29 bits per heavy atom. The molecule has 0 bridgehead atoms. The molecular formula is C18H19NO2. The maximum absolute atomic E-state index is 11.6. The number of amides is 1. The molecule has 0 radical (unpaired) electrons. The molecule has 0 N–H and O–H groups in total. The number of nitrogens with zero attached hydrogens (tertiary/aromatic N) is 1. The lowest BCUT2D eigenvalue weighted by molar-refractivity contribution is -0.185. The maximum Gasteiger partial charge on any atom is 0.243 e. The smallest absolute Gasteiger partial charge is 0.243 e. The third-order valence-corrected chi connectivity index (χ3v) is 2.96. The van der Waals surface area contributed by atoms with Gasteiger partial charge in [-0.2, -0.15) is 0 Å². The summed E-state index contributed by atoms with van der Waals surface area (Å²) in [4.78, 5) is 17.1. The van der Waals surface area contributed by atoms with Crippen molar-refractivity contribution in [3.05, 3.63) is 77.9 Å². The van der Waals surface area contributed by atoms with Gasteiger partial charge >= 0.3 is 0 Å². The quantitative estimate of drug-likeness (QED) is 0.756. The van der Waals surface area contributed by atoms with Crippen LogP contribution in [0.4, 0.5) is 0 Å². The van der Waals surface area contributed by atoms with Crippen molar-refractivity contribution >= 4 is 12.0 Å². The molecule has 3 nitrogen and oxygen atoms in total. The molecule has 3 heteroatoms. The fourth-order valence-electron chi connectivity index (χ4n) is 1.85. The lowest BCUT2D eigenvalue weighted by atomic mass is 10.2. The Labute approximate surface area is 125 Å². The van der Waals surface area contributed by atoms with E-state index >= 15 is 0 Å². The zero-order valence-corrected chi connectivity index (χ0v) is 12.1. The van der Waals surface area contributed by atoms with Gasteiger partial charge in [-0.05, 0) is 11.1 Å². The number of carbonyl (C=O) groups excluding carboxylic acids is 1. The number of carbonyl (C=O) groups is 1. The second-order valence-corrected chi connectivity index (χ2v) is 4.65. The molecule has 21 heavy (non-hydrogen) atoms. The molecule has 0 fully saturated rings. The molecule has 2 aromatic rings. The molecule has 0 unspecified atom stereocenters. The number of rotatable bonds is 6. The number of hydroxylamine groups is 2. The molecule has 0 spiro atoms. The van der Waals surface area contributed by atoms with E-state index in [-0.39, 0.29) is 5.91 Å². The van der Waals surface area contributed by atoms with Crippen LogP contribution in [0.1, 0.15) is 18.1 Å². The maximum atomic E-state index is 11.6. The largest absolute Gasteiger partial charge is 0.273 e. The minimum Gasteiger partial charge on any atom is -0.273 e. The van der Waals surface area contributed by atoms with Gasteiger partial charge in [-0.3, -0.25) is 9.63 Å². The van der Waals surface area contributed by atoms with E-state index in [1.807, 2.05) is 72.8 Å². The van der Waals surface area contributed by atoms with E-state index in [1.54, 1.807) is 0 Å². The summed E-state index contributed by atoms with van der Waals surface area (Å²) in [6, 6.07) is 19.8. The first-order valence-electron chi connectivity index (χ1n) is 6.92. The SMILES string of the molecule is CC(=O)N(C/C=C/c1ccccc1)OCc1ccccc1. The Balaban J connectivity index is 1.88. The summed E-state index contributed by atoms with van der Waals surface area (Å²) in [6.07, 6.45) is 3.89. The minimum atomic E-state index is -0.108. The van der Waals surface area contributed by atoms with Gasteiger partial charge in [0.2, 0.25) is 5.91 Å². The van der Waals surface area contributed by atoms with E-state index in [9.17, 15) is 4.79 Å². The van der Waals surface area contributed by atoms with Gasteiger partial charge in [0.25, 0.3) is 0 Å². The van der Waals surface area contributed by atoms with Gasteiger partial charge in [-0.1, -0.05) is 72.8 Å². The first kappa shape index (κ1) is 15.0.